The Balaban J connectivity index is 1.74. The van der Waals surface area contributed by atoms with Gasteiger partial charge in [-0.3, -0.25) is 5.21 Å². The van der Waals surface area contributed by atoms with Crippen molar-refractivity contribution in [2.24, 2.45) is 5.10 Å². The van der Waals surface area contributed by atoms with Crippen molar-refractivity contribution in [2.45, 2.75) is 62.9 Å². The second-order valence-electron chi connectivity index (χ2n) is 8.55. The molecule has 0 spiro atoms. The van der Waals surface area contributed by atoms with Gasteiger partial charge in [-0.15, -0.1) is 0 Å². The molecule has 2 fully saturated rings. The first-order valence-corrected chi connectivity index (χ1v) is 11.5. The first-order valence-electron chi connectivity index (χ1n) is 10.3. The highest BCUT2D eigenvalue weighted by Gasteiger charge is 2.50. The van der Waals surface area contributed by atoms with Crippen LogP contribution >= 0.6 is 24.0 Å². The van der Waals surface area contributed by atoms with Gasteiger partial charge in [0.25, 0.3) is 0 Å². The van der Waals surface area contributed by atoms with Gasteiger partial charge in [0.15, 0.2) is 10.5 Å². The highest BCUT2D eigenvalue weighted by molar-refractivity contribution is 8.24. The summed E-state index contributed by atoms with van der Waals surface area (Å²) >= 11 is 6.93. The van der Waals surface area contributed by atoms with Crippen LogP contribution in [0.3, 0.4) is 0 Å². The molecule has 7 nitrogen and oxygen atoms in total. The van der Waals surface area contributed by atoms with Gasteiger partial charge in [-0.2, -0.15) is 10.2 Å². The standard InChI is InChI=1S/C21H31N5O2S2/c1-21(2)18(26(28)19(27)23-16-8-6-5-7-9-16)25(20(29)30-21)22-14-15-10-12-17(13-11-15)24(3)4/h10-14,16,18,28H,5-9H2,1-4H3,(H,23,27). The maximum Gasteiger partial charge on any atom is 0.343 e. The molecule has 1 aromatic rings. The number of amides is 2. The van der Waals surface area contributed by atoms with Crippen LogP contribution in [0.1, 0.15) is 51.5 Å². The molecule has 2 aliphatic rings. The summed E-state index contributed by atoms with van der Waals surface area (Å²) in [6.07, 6.45) is 6.32. The lowest BCUT2D eigenvalue weighted by molar-refractivity contribution is -0.119. The molecule has 1 aliphatic carbocycles. The van der Waals surface area contributed by atoms with E-state index in [1.807, 2.05) is 57.1 Å². The first-order chi connectivity index (χ1) is 14.2. The van der Waals surface area contributed by atoms with Crippen molar-refractivity contribution in [3.05, 3.63) is 29.8 Å². The Morgan fingerprint density at radius 1 is 1.27 bits per heavy atom. The molecule has 0 radical (unpaired) electrons. The van der Waals surface area contributed by atoms with Gasteiger partial charge in [0, 0.05) is 25.8 Å². The van der Waals surface area contributed by atoms with Gasteiger partial charge in [-0.05, 0) is 44.4 Å². The van der Waals surface area contributed by atoms with Crippen LogP contribution in [0.4, 0.5) is 10.5 Å². The van der Waals surface area contributed by atoms with Crippen molar-refractivity contribution in [3.8, 4) is 0 Å². The first kappa shape index (κ1) is 22.8. The van der Waals surface area contributed by atoms with Gasteiger partial charge < -0.3 is 10.2 Å². The lowest BCUT2D eigenvalue weighted by atomic mass is 9.96. The third-order valence-corrected chi connectivity index (χ3v) is 7.04. The summed E-state index contributed by atoms with van der Waals surface area (Å²) in [5.41, 5.74) is 2.01. The van der Waals surface area contributed by atoms with E-state index in [1.165, 1.54) is 18.2 Å². The van der Waals surface area contributed by atoms with Crippen LogP contribution in [0.2, 0.25) is 0 Å². The Hall–Kier alpha value is -1.84. The van der Waals surface area contributed by atoms with E-state index in [-0.39, 0.29) is 6.04 Å². The van der Waals surface area contributed by atoms with E-state index < -0.39 is 16.9 Å². The van der Waals surface area contributed by atoms with Gasteiger partial charge in [0.1, 0.15) is 0 Å². The minimum Gasteiger partial charge on any atom is -0.378 e. The zero-order valence-corrected chi connectivity index (χ0v) is 19.7. The van der Waals surface area contributed by atoms with Gasteiger partial charge in [-0.1, -0.05) is 55.4 Å². The number of hydroxylamine groups is 2. The number of benzene rings is 1. The molecule has 1 saturated carbocycles. The molecule has 3 rings (SSSR count). The maximum absolute atomic E-state index is 12.7. The molecule has 2 N–H and O–H groups in total. The lowest BCUT2D eigenvalue weighted by Crippen LogP contribution is -2.57. The molecule has 0 aromatic heterocycles. The summed E-state index contributed by atoms with van der Waals surface area (Å²) in [5, 5.41) is 20.6. The van der Waals surface area contributed by atoms with Crippen molar-refractivity contribution in [1.82, 2.24) is 15.4 Å². The molecule has 2 amide bonds. The van der Waals surface area contributed by atoms with Gasteiger partial charge >= 0.3 is 6.03 Å². The number of rotatable bonds is 5. The summed E-state index contributed by atoms with van der Waals surface area (Å²) in [4.78, 5) is 14.8. The van der Waals surface area contributed by atoms with E-state index in [1.54, 1.807) is 11.2 Å². The number of thiocarbonyl (C=S) groups is 1. The molecule has 9 heteroatoms. The quantitative estimate of drug-likeness (QED) is 0.303. The Labute approximate surface area is 188 Å². The van der Waals surface area contributed by atoms with Gasteiger partial charge in [0.05, 0.1) is 11.0 Å². The molecule has 164 valence electrons. The summed E-state index contributed by atoms with van der Waals surface area (Å²) in [5.74, 6) is 0. The number of urea groups is 1. The third-order valence-electron chi connectivity index (χ3n) is 5.50. The Morgan fingerprint density at radius 2 is 1.90 bits per heavy atom. The zero-order chi connectivity index (χ0) is 21.9. The molecule has 0 bridgehead atoms. The minimum absolute atomic E-state index is 0.109. The van der Waals surface area contributed by atoms with Crippen LogP contribution in [-0.4, -0.2) is 62.9 Å². The smallest absolute Gasteiger partial charge is 0.343 e. The van der Waals surface area contributed by atoms with Crippen LogP contribution in [0.25, 0.3) is 0 Å². The lowest BCUT2D eigenvalue weighted by Gasteiger charge is -2.35. The fourth-order valence-corrected chi connectivity index (χ4v) is 5.60. The minimum atomic E-state index is -0.698. The number of hydrogen-bond donors (Lipinski definition) is 2. The topological polar surface area (TPSA) is 71.4 Å². The van der Waals surface area contributed by atoms with Gasteiger partial charge in [-0.25, -0.2) is 9.80 Å². The molecular weight excluding hydrogens is 418 g/mol. The SMILES string of the molecule is CN(C)c1ccc(C=NN2C(=S)SC(C)(C)C2N(O)C(=O)NC2CCCCC2)cc1. The highest BCUT2D eigenvalue weighted by Crippen LogP contribution is 2.42. The summed E-state index contributed by atoms with van der Waals surface area (Å²) in [6, 6.07) is 7.57. The number of nitrogens with zero attached hydrogens (tertiary/aromatic N) is 4. The average molecular weight is 450 g/mol. The molecular formula is C21H31N5O2S2. The number of nitrogens with one attached hydrogen (secondary N) is 1. The largest absolute Gasteiger partial charge is 0.378 e. The molecule has 1 heterocycles. The van der Waals surface area contributed by atoms with Crippen molar-refractivity contribution >= 4 is 46.2 Å². The zero-order valence-electron chi connectivity index (χ0n) is 18.0. The van der Waals surface area contributed by atoms with Crippen molar-refractivity contribution in [2.75, 3.05) is 19.0 Å². The monoisotopic (exact) mass is 449 g/mol. The number of carbonyl (C=O) groups is 1. The molecule has 1 aliphatic heterocycles. The van der Waals surface area contributed by atoms with Gasteiger partial charge in [0.2, 0.25) is 0 Å². The Morgan fingerprint density at radius 3 is 2.50 bits per heavy atom. The molecule has 1 aromatic carbocycles. The average Bonchev–Trinajstić information content (AvgIpc) is 2.94. The summed E-state index contributed by atoms with van der Waals surface area (Å²) in [6.45, 7) is 3.90. The van der Waals surface area contributed by atoms with E-state index in [2.05, 4.69) is 10.4 Å². The van der Waals surface area contributed by atoms with E-state index in [4.69, 9.17) is 12.2 Å². The van der Waals surface area contributed by atoms with Crippen molar-refractivity contribution in [3.63, 3.8) is 0 Å². The fraction of sp³-hybridized carbons (Fsp3) is 0.571. The Bertz CT molecular complexity index is 791. The van der Waals surface area contributed by atoms with Crippen LogP contribution in [0.15, 0.2) is 29.4 Å². The van der Waals surface area contributed by atoms with Crippen LogP contribution in [-0.2, 0) is 0 Å². The van der Waals surface area contributed by atoms with E-state index in [9.17, 15) is 10.0 Å². The summed E-state index contributed by atoms with van der Waals surface area (Å²) < 4.78 is 0.0117. The number of thioether (sulfide) groups is 1. The summed E-state index contributed by atoms with van der Waals surface area (Å²) in [7, 11) is 3.98. The van der Waals surface area contributed by atoms with E-state index in [0.717, 1.165) is 42.0 Å². The van der Waals surface area contributed by atoms with Crippen LogP contribution < -0.4 is 10.2 Å². The van der Waals surface area contributed by atoms with Crippen molar-refractivity contribution in [1.29, 1.82) is 0 Å². The van der Waals surface area contributed by atoms with E-state index >= 15 is 0 Å². The maximum atomic E-state index is 12.7. The number of hydrogen-bond acceptors (Lipinski definition) is 6. The number of anilines is 1. The molecule has 1 atom stereocenters. The Kier molecular flexibility index (Phi) is 7.26. The van der Waals surface area contributed by atoms with Crippen LogP contribution in [0.5, 0.6) is 0 Å². The third kappa shape index (κ3) is 5.25. The second kappa shape index (κ2) is 9.53. The number of hydrazone groups is 1. The molecule has 30 heavy (non-hydrogen) atoms. The number of carbonyl (C=O) groups excluding carboxylic acids is 1. The second-order valence-corrected chi connectivity index (χ2v) is 10.8. The van der Waals surface area contributed by atoms with Crippen molar-refractivity contribution < 1.29 is 10.0 Å². The predicted octanol–water partition coefficient (Wildman–Crippen LogP) is 4.26. The van der Waals surface area contributed by atoms with E-state index in [0.29, 0.717) is 4.32 Å². The molecule has 1 saturated heterocycles. The molecule has 1 unspecified atom stereocenters. The highest BCUT2D eigenvalue weighted by atomic mass is 32.2. The predicted molar refractivity (Wildman–Crippen MR) is 127 cm³/mol. The fourth-order valence-electron chi connectivity index (χ4n) is 3.81. The van der Waals surface area contributed by atoms with Crippen LogP contribution in [0, 0.1) is 0 Å². The normalized spacial score (nSPS) is 21.8.